The fourth-order valence-corrected chi connectivity index (χ4v) is 3.30. The highest BCUT2D eigenvalue weighted by atomic mass is 19.4. The van der Waals surface area contributed by atoms with Crippen molar-refractivity contribution >= 4 is 5.91 Å². The van der Waals surface area contributed by atoms with Crippen molar-refractivity contribution in [3.8, 4) is 0 Å². The van der Waals surface area contributed by atoms with Crippen LogP contribution in [0.15, 0.2) is 30.3 Å². The molecule has 1 fully saturated rings. The van der Waals surface area contributed by atoms with E-state index >= 15 is 0 Å². The Morgan fingerprint density at radius 2 is 1.92 bits per heavy atom. The monoisotopic (exact) mass is 368 g/mol. The lowest BCUT2D eigenvalue weighted by Crippen LogP contribution is -2.41. The Bertz CT molecular complexity index is 816. The maximum Gasteiger partial charge on any atom is 0.406 e. The van der Waals surface area contributed by atoms with Gasteiger partial charge in [-0.2, -0.15) is 13.2 Å². The van der Waals surface area contributed by atoms with Crippen molar-refractivity contribution in [2.75, 3.05) is 6.54 Å². The molecule has 1 saturated carbocycles. The maximum atomic E-state index is 14.3. The van der Waals surface area contributed by atoms with Gasteiger partial charge in [0.15, 0.2) is 12.0 Å². The van der Waals surface area contributed by atoms with E-state index in [1.54, 1.807) is 0 Å². The second-order valence-electron chi connectivity index (χ2n) is 6.65. The van der Waals surface area contributed by atoms with Gasteiger partial charge in [-0.25, -0.2) is 14.1 Å². The summed E-state index contributed by atoms with van der Waals surface area (Å²) in [4.78, 5) is 17.2. The Labute approximate surface area is 146 Å². The molecule has 138 valence electrons. The van der Waals surface area contributed by atoms with E-state index in [0.717, 1.165) is 10.5 Å². The van der Waals surface area contributed by atoms with Crippen LogP contribution in [0.4, 0.5) is 17.6 Å². The second-order valence-corrected chi connectivity index (χ2v) is 6.65. The van der Waals surface area contributed by atoms with Crippen LogP contribution in [0.25, 0.3) is 0 Å². The van der Waals surface area contributed by atoms with Gasteiger partial charge in [0.05, 0.1) is 6.04 Å². The zero-order valence-electron chi connectivity index (χ0n) is 13.7. The van der Waals surface area contributed by atoms with Gasteiger partial charge in [-0.1, -0.05) is 30.3 Å². The molecule has 1 aromatic heterocycles. The first-order valence-corrected chi connectivity index (χ1v) is 8.36. The SMILES string of the molecule is O=C(c1nc2n(n1)[C@H](c1ccccc1)C[C@@H]2F)N(CC(F)(F)F)C1CC1. The normalized spacial score (nSPS) is 22.3. The fourth-order valence-electron chi connectivity index (χ4n) is 3.30. The minimum atomic E-state index is -4.50. The quantitative estimate of drug-likeness (QED) is 0.777. The van der Waals surface area contributed by atoms with Crippen molar-refractivity contribution in [1.29, 1.82) is 0 Å². The van der Waals surface area contributed by atoms with Crippen molar-refractivity contribution in [1.82, 2.24) is 19.7 Å². The predicted octanol–water partition coefficient (Wildman–Crippen LogP) is 3.45. The summed E-state index contributed by atoms with van der Waals surface area (Å²) in [5.41, 5.74) is 0.812. The molecule has 2 heterocycles. The van der Waals surface area contributed by atoms with Gasteiger partial charge in [0.2, 0.25) is 5.82 Å². The largest absolute Gasteiger partial charge is 0.406 e. The molecule has 5 nitrogen and oxygen atoms in total. The first-order valence-electron chi connectivity index (χ1n) is 8.36. The van der Waals surface area contributed by atoms with Gasteiger partial charge in [0, 0.05) is 12.5 Å². The molecule has 4 rings (SSSR count). The number of benzene rings is 1. The van der Waals surface area contributed by atoms with Crippen LogP contribution in [-0.2, 0) is 0 Å². The summed E-state index contributed by atoms with van der Waals surface area (Å²) >= 11 is 0. The molecular weight excluding hydrogens is 352 g/mol. The fraction of sp³-hybridized carbons (Fsp3) is 0.471. The van der Waals surface area contributed by atoms with E-state index < -0.39 is 36.9 Å². The maximum absolute atomic E-state index is 14.3. The first kappa shape index (κ1) is 17.0. The van der Waals surface area contributed by atoms with Crippen molar-refractivity contribution < 1.29 is 22.4 Å². The van der Waals surface area contributed by atoms with E-state index in [1.165, 1.54) is 4.68 Å². The highest BCUT2D eigenvalue weighted by Gasteiger charge is 2.43. The van der Waals surface area contributed by atoms with Crippen LogP contribution in [0.1, 0.15) is 53.5 Å². The Kier molecular flexibility index (Phi) is 3.96. The molecule has 2 aromatic rings. The van der Waals surface area contributed by atoms with Crippen LogP contribution < -0.4 is 0 Å². The zero-order valence-corrected chi connectivity index (χ0v) is 13.7. The molecule has 0 N–H and O–H groups in total. The minimum absolute atomic E-state index is 0.00930. The van der Waals surface area contributed by atoms with E-state index in [9.17, 15) is 22.4 Å². The van der Waals surface area contributed by atoms with Crippen LogP contribution in [0.2, 0.25) is 0 Å². The number of hydrogen-bond donors (Lipinski definition) is 0. The molecular formula is C17H16F4N4O. The topological polar surface area (TPSA) is 51.0 Å². The van der Waals surface area contributed by atoms with Crippen molar-refractivity contribution in [3.63, 3.8) is 0 Å². The van der Waals surface area contributed by atoms with Crippen LogP contribution in [0, 0.1) is 0 Å². The zero-order chi connectivity index (χ0) is 18.5. The summed E-state index contributed by atoms with van der Waals surface area (Å²) in [6, 6.07) is 8.20. The molecule has 1 aromatic carbocycles. The Balaban J connectivity index is 1.63. The minimum Gasteiger partial charge on any atom is -0.324 e. The number of alkyl halides is 4. The highest BCUT2D eigenvalue weighted by Crippen LogP contribution is 2.39. The molecule has 2 aliphatic rings. The van der Waals surface area contributed by atoms with Crippen molar-refractivity contribution in [3.05, 3.63) is 47.5 Å². The molecule has 1 aliphatic carbocycles. The van der Waals surface area contributed by atoms with Gasteiger partial charge in [-0.05, 0) is 18.4 Å². The number of aromatic nitrogens is 3. The number of nitrogens with zero attached hydrogens (tertiary/aromatic N) is 4. The smallest absolute Gasteiger partial charge is 0.324 e. The number of carbonyl (C=O) groups excluding carboxylic acids is 1. The molecule has 0 radical (unpaired) electrons. The lowest BCUT2D eigenvalue weighted by Gasteiger charge is -2.22. The number of carbonyl (C=O) groups is 1. The average molecular weight is 368 g/mol. The summed E-state index contributed by atoms with van der Waals surface area (Å²) in [6.07, 6.45) is -4.73. The second kappa shape index (κ2) is 6.07. The standard InChI is InChI=1S/C17H16F4N4O/c18-12-8-13(10-4-2-1-3-5-10)25-15(12)22-14(23-25)16(26)24(11-6-7-11)9-17(19,20)21/h1-5,11-13H,6-9H2/t12-,13-/m0/s1. The van der Waals surface area contributed by atoms with E-state index in [1.807, 2.05) is 30.3 Å². The number of rotatable bonds is 4. The molecule has 9 heteroatoms. The molecule has 1 aliphatic heterocycles. The van der Waals surface area contributed by atoms with Gasteiger partial charge >= 0.3 is 6.18 Å². The Morgan fingerprint density at radius 1 is 1.23 bits per heavy atom. The first-order chi connectivity index (χ1) is 12.3. The average Bonchev–Trinajstić information content (AvgIpc) is 3.26. The number of hydrogen-bond acceptors (Lipinski definition) is 3. The van der Waals surface area contributed by atoms with Gasteiger partial charge in [0.1, 0.15) is 6.54 Å². The number of fused-ring (bicyclic) bond motifs is 1. The van der Waals surface area contributed by atoms with Gasteiger partial charge in [-0.15, -0.1) is 5.10 Å². The van der Waals surface area contributed by atoms with Crippen LogP contribution in [-0.4, -0.2) is 44.3 Å². The number of amides is 1. The van der Waals surface area contributed by atoms with Gasteiger partial charge in [0.25, 0.3) is 5.91 Å². The molecule has 0 saturated heterocycles. The third-order valence-corrected chi connectivity index (χ3v) is 4.64. The summed E-state index contributed by atoms with van der Waals surface area (Å²) in [7, 11) is 0. The van der Waals surface area contributed by atoms with Crippen molar-refractivity contribution in [2.24, 2.45) is 0 Å². The molecule has 2 atom stereocenters. The van der Waals surface area contributed by atoms with E-state index in [4.69, 9.17) is 0 Å². The Morgan fingerprint density at radius 3 is 2.54 bits per heavy atom. The van der Waals surface area contributed by atoms with E-state index in [0.29, 0.717) is 12.8 Å². The lowest BCUT2D eigenvalue weighted by atomic mass is 10.0. The van der Waals surface area contributed by atoms with E-state index in [-0.39, 0.29) is 18.1 Å². The molecule has 0 unspecified atom stereocenters. The summed E-state index contributed by atoms with van der Waals surface area (Å²) in [5.74, 6) is -1.28. The Hall–Kier alpha value is -2.45. The van der Waals surface area contributed by atoms with Gasteiger partial charge < -0.3 is 4.90 Å². The lowest BCUT2D eigenvalue weighted by molar-refractivity contribution is -0.141. The third kappa shape index (κ3) is 3.17. The van der Waals surface area contributed by atoms with Crippen LogP contribution in [0.5, 0.6) is 0 Å². The molecule has 26 heavy (non-hydrogen) atoms. The summed E-state index contributed by atoms with van der Waals surface area (Å²) in [6.45, 7) is -1.35. The van der Waals surface area contributed by atoms with Crippen LogP contribution >= 0.6 is 0 Å². The predicted molar refractivity (Wildman–Crippen MR) is 83.2 cm³/mol. The summed E-state index contributed by atoms with van der Waals surface area (Å²) in [5, 5.41) is 4.07. The van der Waals surface area contributed by atoms with Gasteiger partial charge in [-0.3, -0.25) is 4.79 Å². The molecule has 0 bridgehead atoms. The van der Waals surface area contributed by atoms with Crippen LogP contribution in [0.3, 0.4) is 0 Å². The summed E-state index contributed by atoms with van der Waals surface area (Å²) < 4.78 is 54.0. The molecule has 0 spiro atoms. The highest BCUT2D eigenvalue weighted by molar-refractivity contribution is 5.91. The van der Waals surface area contributed by atoms with Crippen molar-refractivity contribution in [2.45, 2.75) is 43.7 Å². The third-order valence-electron chi connectivity index (χ3n) is 4.64. The molecule has 1 amide bonds. The number of halogens is 4. The van der Waals surface area contributed by atoms with E-state index in [2.05, 4.69) is 10.1 Å².